The van der Waals surface area contributed by atoms with Crippen molar-refractivity contribution in [3.8, 4) is 0 Å². The first kappa shape index (κ1) is 22.8. The number of rotatable bonds is 13. The quantitative estimate of drug-likeness (QED) is 0.215. The molecule has 7 nitrogen and oxygen atoms in total. The van der Waals surface area contributed by atoms with Gasteiger partial charge in [0.05, 0.1) is 13.2 Å². The molecule has 0 radical (unpaired) electrons. The van der Waals surface area contributed by atoms with E-state index in [0.717, 1.165) is 6.42 Å². The van der Waals surface area contributed by atoms with Crippen LogP contribution in [0.4, 0.5) is 0 Å². The number of ether oxygens (including phenoxy) is 2. The zero-order chi connectivity index (χ0) is 18.6. The Bertz CT molecular complexity index is 407. The highest BCUT2D eigenvalue weighted by molar-refractivity contribution is 6.60. The van der Waals surface area contributed by atoms with Crippen molar-refractivity contribution in [2.45, 2.75) is 52.2 Å². The van der Waals surface area contributed by atoms with Gasteiger partial charge in [-0.15, -0.1) is 0 Å². The maximum Gasteiger partial charge on any atom is 0.501 e. The number of carbonyl (C=O) groups excluding carboxylic acids is 2. The third kappa shape index (κ3) is 8.05. The molecule has 0 amide bonds. The van der Waals surface area contributed by atoms with E-state index in [1.165, 1.54) is 14.2 Å². The lowest BCUT2D eigenvalue weighted by Gasteiger charge is -2.30. The first-order chi connectivity index (χ1) is 11.4. The summed E-state index contributed by atoms with van der Waals surface area (Å²) in [6, 6.07) is 0.598. The number of hydrogen-bond donors (Lipinski definition) is 0. The first-order valence-electron chi connectivity index (χ1n) is 8.13. The fraction of sp³-hybridized carbons (Fsp3) is 0.750. The van der Waals surface area contributed by atoms with E-state index in [9.17, 15) is 9.59 Å². The normalized spacial score (nSPS) is 12.5. The van der Waals surface area contributed by atoms with Crippen LogP contribution in [-0.4, -0.2) is 54.3 Å². The molecule has 0 spiro atoms. The maximum absolute atomic E-state index is 12.1. The topological polar surface area (TPSA) is 80.3 Å². The van der Waals surface area contributed by atoms with Gasteiger partial charge in [-0.05, 0) is 26.7 Å². The van der Waals surface area contributed by atoms with Crippen LogP contribution in [0.5, 0.6) is 0 Å². The molecule has 0 bridgehead atoms. The minimum absolute atomic E-state index is 0.174. The van der Waals surface area contributed by atoms with Gasteiger partial charge in [-0.2, -0.15) is 0 Å². The Kier molecular flexibility index (Phi) is 11.6. The second kappa shape index (κ2) is 12.2. The van der Waals surface area contributed by atoms with Crippen LogP contribution in [-0.2, 0) is 32.3 Å². The minimum Gasteiger partial charge on any atom is -0.464 e. The van der Waals surface area contributed by atoms with Crippen LogP contribution in [0.2, 0.25) is 6.04 Å². The summed E-state index contributed by atoms with van der Waals surface area (Å²) >= 11 is 0. The summed E-state index contributed by atoms with van der Waals surface area (Å²) in [7, 11) is 0.111. The van der Waals surface area contributed by atoms with E-state index in [-0.39, 0.29) is 13.2 Å². The number of esters is 2. The summed E-state index contributed by atoms with van der Waals surface area (Å²) in [6.45, 7) is 9.23. The van der Waals surface area contributed by atoms with Crippen molar-refractivity contribution in [3.63, 3.8) is 0 Å². The van der Waals surface area contributed by atoms with Crippen molar-refractivity contribution in [3.05, 3.63) is 12.2 Å². The molecule has 0 aliphatic carbocycles. The van der Waals surface area contributed by atoms with Crippen molar-refractivity contribution < 1.29 is 32.3 Å². The summed E-state index contributed by atoms with van der Waals surface area (Å²) in [5, 5.41) is 0. The van der Waals surface area contributed by atoms with Gasteiger partial charge in [0.2, 0.25) is 0 Å². The highest BCUT2D eigenvalue weighted by Crippen LogP contribution is 2.21. The zero-order valence-corrected chi connectivity index (χ0v) is 16.4. The first-order valence-corrected chi connectivity index (χ1v) is 10.1. The largest absolute Gasteiger partial charge is 0.501 e. The second-order valence-corrected chi connectivity index (χ2v) is 8.18. The fourth-order valence-electron chi connectivity index (χ4n) is 1.98. The summed E-state index contributed by atoms with van der Waals surface area (Å²) in [5.74, 6) is -0.919. The van der Waals surface area contributed by atoms with Gasteiger partial charge in [-0.25, -0.2) is 9.59 Å². The summed E-state index contributed by atoms with van der Waals surface area (Å²) in [4.78, 5) is 23.5. The molecule has 8 heteroatoms. The van der Waals surface area contributed by atoms with Gasteiger partial charge in [-0.3, -0.25) is 0 Å². The van der Waals surface area contributed by atoms with Gasteiger partial charge in [0.1, 0.15) is 6.10 Å². The Morgan fingerprint density at radius 1 is 1.12 bits per heavy atom. The molecule has 0 N–H and O–H groups in total. The van der Waals surface area contributed by atoms with Crippen LogP contribution in [0.3, 0.4) is 0 Å². The van der Waals surface area contributed by atoms with Gasteiger partial charge in [0, 0.05) is 25.8 Å². The molecule has 0 saturated heterocycles. The van der Waals surface area contributed by atoms with Crippen molar-refractivity contribution in [2.24, 2.45) is 0 Å². The van der Waals surface area contributed by atoms with E-state index in [1.54, 1.807) is 13.8 Å². The molecule has 1 atom stereocenters. The predicted octanol–water partition coefficient (Wildman–Crippen LogP) is 2.48. The number of hydrogen-bond acceptors (Lipinski definition) is 7. The molecule has 1 unspecified atom stereocenters. The molecule has 24 heavy (non-hydrogen) atoms. The summed E-state index contributed by atoms with van der Waals surface area (Å²) in [6.07, 6.45) is 0.784. The Morgan fingerprint density at radius 3 is 2.21 bits per heavy atom. The van der Waals surface area contributed by atoms with Crippen LogP contribution in [0.15, 0.2) is 12.2 Å². The molecule has 0 saturated carbocycles. The summed E-state index contributed by atoms with van der Waals surface area (Å²) < 4.78 is 26.9. The van der Waals surface area contributed by atoms with Gasteiger partial charge in [-0.1, -0.05) is 19.9 Å². The van der Waals surface area contributed by atoms with Gasteiger partial charge in [0.25, 0.3) is 0 Å². The molecular formula is C16H30O7Si. The molecule has 0 heterocycles. The Morgan fingerprint density at radius 2 is 1.75 bits per heavy atom. The predicted molar refractivity (Wildman–Crippen MR) is 91.4 cm³/mol. The van der Waals surface area contributed by atoms with E-state index in [4.69, 9.17) is 22.8 Å². The zero-order valence-electron chi connectivity index (χ0n) is 15.4. The third-order valence-corrected chi connectivity index (χ3v) is 6.24. The second-order valence-electron chi connectivity index (χ2n) is 5.26. The van der Waals surface area contributed by atoms with Crippen LogP contribution in [0.1, 0.15) is 40.0 Å². The average Bonchev–Trinajstić information content (AvgIpc) is 2.56. The Hall–Kier alpha value is -1.22. The highest BCUT2D eigenvalue weighted by atomic mass is 28.4. The molecule has 0 aromatic carbocycles. The minimum atomic E-state index is -2.92. The molecule has 0 aliphatic rings. The molecular weight excluding hydrogens is 332 g/mol. The maximum atomic E-state index is 12.1. The van der Waals surface area contributed by atoms with Crippen molar-refractivity contribution in [1.29, 1.82) is 0 Å². The lowest BCUT2D eigenvalue weighted by atomic mass is 10.2. The van der Waals surface area contributed by atoms with Crippen molar-refractivity contribution in [1.82, 2.24) is 0 Å². The number of carbonyl (C=O) groups is 2. The van der Waals surface area contributed by atoms with Gasteiger partial charge < -0.3 is 22.8 Å². The molecule has 0 fully saturated rings. The molecule has 0 aliphatic heterocycles. The van der Waals surface area contributed by atoms with Crippen LogP contribution >= 0.6 is 0 Å². The van der Waals surface area contributed by atoms with E-state index in [2.05, 4.69) is 6.58 Å². The lowest BCUT2D eigenvalue weighted by Crippen LogP contribution is -2.48. The Labute approximate surface area is 145 Å². The third-order valence-electron chi connectivity index (χ3n) is 3.24. The van der Waals surface area contributed by atoms with E-state index in [0.29, 0.717) is 24.5 Å². The van der Waals surface area contributed by atoms with Crippen LogP contribution < -0.4 is 0 Å². The van der Waals surface area contributed by atoms with Crippen molar-refractivity contribution >= 4 is 20.7 Å². The monoisotopic (exact) mass is 362 g/mol. The standard InChI is InChI=1S/C16H30O7Si/c1-7-12-24(19-5,20-6)23-14(16(18)21-8-2)10-9-11-22-15(17)13(3)4/h14H,3,7-12H2,1-2,4-6H3. The lowest BCUT2D eigenvalue weighted by molar-refractivity contribution is -0.154. The van der Waals surface area contributed by atoms with E-state index >= 15 is 0 Å². The molecule has 0 aromatic rings. The Balaban J connectivity index is 4.76. The van der Waals surface area contributed by atoms with E-state index < -0.39 is 26.8 Å². The molecule has 140 valence electrons. The van der Waals surface area contributed by atoms with Crippen LogP contribution in [0, 0.1) is 0 Å². The van der Waals surface area contributed by atoms with Crippen LogP contribution in [0.25, 0.3) is 0 Å². The fourth-order valence-corrected chi connectivity index (χ4v) is 4.13. The summed E-state index contributed by atoms with van der Waals surface area (Å²) in [5.41, 5.74) is 0.335. The smallest absolute Gasteiger partial charge is 0.464 e. The molecule has 0 rings (SSSR count). The molecule has 0 aromatic heterocycles. The SMILES string of the molecule is C=C(C)C(=O)OCCCC(O[Si](CCC)(OC)OC)C(=O)OCC. The van der Waals surface area contributed by atoms with Crippen molar-refractivity contribution in [2.75, 3.05) is 27.4 Å². The average molecular weight is 362 g/mol. The van der Waals surface area contributed by atoms with E-state index in [1.807, 2.05) is 6.92 Å². The van der Waals surface area contributed by atoms with Gasteiger partial charge in [0.15, 0.2) is 0 Å². The van der Waals surface area contributed by atoms with Gasteiger partial charge >= 0.3 is 20.7 Å². The highest BCUT2D eigenvalue weighted by Gasteiger charge is 2.42.